The van der Waals surface area contributed by atoms with E-state index in [2.05, 4.69) is 15.4 Å². The molecule has 1 N–H and O–H groups in total. The standard InChI is InChI=1S/C10H9N3O/c1-7-3-2-4-8(5-7)10(14)9-6-11-13-12-9/h2-6H,1H3,(H,11,12,13). The van der Waals surface area contributed by atoms with E-state index in [9.17, 15) is 4.79 Å². The van der Waals surface area contributed by atoms with Crippen molar-refractivity contribution in [2.45, 2.75) is 6.92 Å². The molecule has 70 valence electrons. The van der Waals surface area contributed by atoms with E-state index in [1.807, 2.05) is 25.1 Å². The minimum absolute atomic E-state index is 0.109. The molecule has 0 aliphatic carbocycles. The fourth-order valence-corrected chi connectivity index (χ4v) is 1.25. The third kappa shape index (κ3) is 1.54. The summed E-state index contributed by atoms with van der Waals surface area (Å²) in [5, 5.41) is 9.74. The first-order valence-corrected chi connectivity index (χ1v) is 4.24. The van der Waals surface area contributed by atoms with Gasteiger partial charge in [0.2, 0.25) is 5.78 Å². The van der Waals surface area contributed by atoms with E-state index in [1.54, 1.807) is 6.07 Å². The van der Waals surface area contributed by atoms with Crippen LogP contribution in [0, 0.1) is 6.92 Å². The molecule has 2 rings (SSSR count). The predicted molar refractivity (Wildman–Crippen MR) is 51.0 cm³/mol. The first-order chi connectivity index (χ1) is 6.77. The summed E-state index contributed by atoms with van der Waals surface area (Å²) in [6.07, 6.45) is 1.42. The van der Waals surface area contributed by atoms with Crippen molar-refractivity contribution in [2.75, 3.05) is 0 Å². The lowest BCUT2D eigenvalue weighted by atomic mass is 10.1. The molecule has 0 bridgehead atoms. The molecule has 0 aliphatic rings. The molecule has 4 nitrogen and oxygen atoms in total. The largest absolute Gasteiger partial charge is 0.287 e. The molecule has 0 unspecified atom stereocenters. The van der Waals surface area contributed by atoms with Crippen molar-refractivity contribution in [3.05, 3.63) is 47.3 Å². The second kappa shape index (κ2) is 3.41. The van der Waals surface area contributed by atoms with Gasteiger partial charge in [-0.05, 0) is 13.0 Å². The lowest BCUT2D eigenvalue weighted by Gasteiger charge is -1.97. The number of nitrogens with one attached hydrogen (secondary N) is 1. The Bertz CT molecular complexity index is 448. The van der Waals surface area contributed by atoms with E-state index < -0.39 is 0 Å². The fraction of sp³-hybridized carbons (Fsp3) is 0.100. The molecule has 0 amide bonds. The molecule has 1 heterocycles. The van der Waals surface area contributed by atoms with E-state index in [0.717, 1.165) is 5.56 Å². The van der Waals surface area contributed by atoms with Crippen LogP contribution in [0.1, 0.15) is 21.6 Å². The van der Waals surface area contributed by atoms with Crippen LogP contribution in [-0.2, 0) is 0 Å². The number of hydrogen-bond donors (Lipinski definition) is 1. The lowest BCUT2D eigenvalue weighted by Crippen LogP contribution is -2.01. The summed E-state index contributed by atoms with van der Waals surface area (Å²) >= 11 is 0. The van der Waals surface area contributed by atoms with Crippen LogP contribution < -0.4 is 0 Å². The molecule has 0 radical (unpaired) electrons. The second-order valence-corrected chi connectivity index (χ2v) is 3.05. The van der Waals surface area contributed by atoms with E-state index in [4.69, 9.17) is 0 Å². The average Bonchev–Trinajstić information content (AvgIpc) is 2.69. The van der Waals surface area contributed by atoms with Crippen molar-refractivity contribution in [3.63, 3.8) is 0 Å². The van der Waals surface area contributed by atoms with E-state index in [0.29, 0.717) is 11.3 Å². The van der Waals surface area contributed by atoms with Gasteiger partial charge in [0.15, 0.2) is 5.69 Å². The third-order valence-corrected chi connectivity index (χ3v) is 1.93. The van der Waals surface area contributed by atoms with Gasteiger partial charge in [0.1, 0.15) is 0 Å². The van der Waals surface area contributed by atoms with Crippen LogP contribution in [0.4, 0.5) is 0 Å². The highest BCUT2D eigenvalue weighted by Crippen LogP contribution is 2.08. The number of aromatic nitrogens is 3. The average molecular weight is 187 g/mol. The van der Waals surface area contributed by atoms with Crippen LogP contribution in [0.3, 0.4) is 0 Å². The highest BCUT2D eigenvalue weighted by Gasteiger charge is 2.10. The molecule has 2 aromatic rings. The zero-order valence-corrected chi connectivity index (χ0v) is 7.69. The molecule has 1 aromatic carbocycles. The first kappa shape index (κ1) is 8.62. The van der Waals surface area contributed by atoms with Crippen molar-refractivity contribution >= 4 is 5.78 Å². The number of carbonyl (C=O) groups is 1. The highest BCUT2D eigenvalue weighted by atomic mass is 16.1. The number of rotatable bonds is 2. The quantitative estimate of drug-likeness (QED) is 0.722. The fourth-order valence-electron chi connectivity index (χ4n) is 1.25. The number of aromatic amines is 1. The van der Waals surface area contributed by atoms with Crippen molar-refractivity contribution in [1.82, 2.24) is 15.4 Å². The Morgan fingerprint density at radius 3 is 2.93 bits per heavy atom. The molecule has 1 aromatic heterocycles. The van der Waals surface area contributed by atoms with Crippen LogP contribution in [0.5, 0.6) is 0 Å². The summed E-state index contributed by atoms with van der Waals surface area (Å²) in [7, 11) is 0. The number of hydrogen-bond acceptors (Lipinski definition) is 3. The van der Waals surface area contributed by atoms with Gasteiger partial charge in [0.05, 0.1) is 6.20 Å². The van der Waals surface area contributed by atoms with E-state index in [-0.39, 0.29) is 5.78 Å². The van der Waals surface area contributed by atoms with Gasteiger partial charge in [-0.3, -0.25) is 4.79 Å². The summed E-state index contributed by atoms with van der Waals surface area (Å²) in [6.45, 7) is 1.94. The van der Waals surface area contributed by atoms with Crippen LogP contribution in [0.25, 0.3) is 0 Å². The van der Waals surface area contributed by atoms with Gasteiger partial charge in [-0.1, -0.05) is 23.8 Å². The molecule has 0 fully saturated rings. The van der Waals surface area contributed by atoms with Gasteiger partial charge in [-0.2, -0.15) is 15.4 Å². The Balaban J connectivity index is 2.37. The van der Waals surface area contributed by atoms with Gasteiger partial charge in [0.25, 0.3) is 0 Å². The molecular formula is C10H9N3O. The van der Waals surface area contributed by atoms with Gasteiger partial charge < -0.3 is 0 Å². The maximum absolute atomic E-state index is 11.7. The molecule has 0 atom stereocenters. The Labute approximate surface area is 81.0 Å². The van der Waals surface area contributed by atoms with Crippen LogP contribution in [-0.4, -0.2) is 21.2 Å². The number of aryl methyl sites for hydroxylation is 1. The molecular weight excluding hydrogens is 178 g/mol. The van der Waals surface area contributed by atoms with Crippen molar-refractivity contribution in [1.29, 1.82) is 0 Å². The monoisotopic (exact) mass is 187 g/mol. The van der Waals surface area contributed by atoms with Crippen LogP contribution in [0.2, 0.25) is 0 Å². The van der Waals surface area contributed by atoms with Crippen molar-refractivity contribution in [2.24, 2.45) is 0 Å². The Hall–Kier alpha value is -1.97. The van der Waals surface area contributed by atoms with E-state index in [1.165, 1.54) is 6.20 Å². The van der Waals surface area contributed by atoms with Gasteiger partial charge in [-0.25, -0.2) is 0 Å². The predicted octanol–water partition coefficient (Wildman–Crippen LogP) is 1.34. The van der Waals surface area contributed by atoms with Crippen LogP contribution in [0.15, 0.2) is 30.5 Å². The maximum Gasteiger partial charge on any atom is 0.214 e. The van der Waals surface area contributed by atoms with Gasteiger partial charge in [-0.15, -0.1) is 0 Å². The zero-order chi connectivity index (χ0) is 9.97. The normalized spacial score (nSPS) is 10.1. The Morgan fingerprint density at radius 1 is 1.43 bits per heavy atom. The summed E-state index contributed by atoms with van der Waals surface area (Å²) in [4.78, 5) is 11.7. The first-order valence-electron chi connectivity index (χ1n) is 4.24. The maximum atomic E-state index is 11.7. The summed E-state index contributed by atoms with van der Waals surface area (Å²) in [5.41, 5.74) is 2.04. The smallest absolute Gasteiger partial charge is 0.214 e. The van der Waals surface area contributed by atoms with Crippen molar-refractivity contribution in [3.8, 4) is 0 Å². The Morgan fingerprint density at radius 2 is 2.29 bits per heavy atom. The topological polar surface area (TPSA) is 58.6 Å². The number of nitrogens with zero attached hydrogens (tertiary/aromatic N) is 2. The van der Waals surface area contributed by atoms with Crippen molar-refractivity contribution < 1.29 is 4.79 Å². The second-order valence-electron chi connectivity index (χ2n) is 3.05. The lowest BCUT2D eigenvalue weighted by molar-refractivity contribution is 0.103. The zero-order valence-electron chi connectivity index (χ0n) is 7.69. The third-order valence-electron chi connectivity index (χ3n) is 1.93. The number of H-pyrrole nitrogens is 1. The highest BCUT2D eigenvalue weighted by molar-refractivity contribution is 6.07. The van der Waals surface area contributed by atoms with E-state index >= 15 is 0 Å². The molecule has 0 saturated carbocycles. The molecule has 14 heavy (non-hydrogen) atoms. The summed E-state index contributed by atoms with van der Waals surface area (Å²) in [6, 6.07) is 7.39. The Kier molecular flexibility index (Phi) is 2.10. The molecule has 0 spiro atoms. The molecule has 0 saturated heterocycles. The number of carbonyl (C=O) groups excluding carboxylic acids is 1. The minimum atomic E-state index is -0.109. The number of benzene rings is 1. The van der Waals surface area contributed by atoms with Gasteiger partial charge >= 0.3 is 0 Å². The number of ketones is 1. The van der Waals surface area contributed by atoms with Gasteiger partial charge in [0, 0.05) is 5.56 Å². The molecule has 4 heteroatoms. The van der Waals surface area contributed by atoms with Crippen LogP contribution >= 0.6 is 0 Å². The summed E-state index contributed by atoms with van der Waals surface area (Å²) in [5.74, 6) is -0.109. The SMILES string of the molecule is Cc1cccc(C(=O)c2cn[nH]n2)c1. The molecule has 0 aliphatic heterocycles. The minimum Gasteiger partial charge on any atom is -0.287 e. The summed E-state index contributed by atoms with van der Waals surface area (Å²) < 4.78 is 0.